The average Bonchev–Trinajstić information content (AvgIpc) is 2.26. The number of carboxylic acids is 1. The third-order valence-electron chi connectivity index (χ3n) is 1.75. The number of rotatable bonds is 4. The van der Waals surface area contributed by atoms with Crippen molar-refractivity contribution >= 4 is 5.97 Å². The van der Waals surface area contributed by atoms with Crippen LogP contribution in [-0.2, 0) is 4.79 Å². The van der Waals surface area contributed by atoms with E-state index >= 15 is 0 Å². The van der Waals surface area contributed by atoms with Crippen molar-refractivity contribution in [2.24, 2.45) is 0 Å². The largest absolute Gasteiger partial charge is 0.497 e. The highest BCUT2D eigenvalue weighted by Crippen LogP contribution is 2.19. The van der Waals surface area contributed by atoms with Crippen molar-refractivity contribution in [1.82, 2.24) is 0 Å². The summed E-state index contributed by atoms with van der Waals surface area (Å²) in [6.45, 7) is 1.46. The van der Waals surface area contributed by atoms with E-state index in [0.29, 0.717) is 11.5 Å². The lowest BCUT2D eigenvalue weighted by molar-refractivity contribution is -0.132. The quantitative estimate of drug-likeness (QED) is 0.607. The monoisotopic (exact) mass is 208 g/mol. The van der Waals surface area contributed by atoms with Gasteiger partial charge in [-0.3, -0.25) is 0 Å². The molecule has 0 heterocycles. The van der Waals surface area contributed by atoms with Crippen LogP contribution >= 0.6 is 0 Å². The Balaban J connectivity index is 2.73. The van der Waals surface area contributed by atoms with E-state index in [1.165, 1.54) is 13.2 Å². The Morgan fingerprint density at radius 3 is 2.67 bits per heavy atom. The van der Waals surface area contributed by atoms with Crippen LogP contribution in [0.4, 0.5) is 0 Å². The van der Waals surface area contributed by atoms with E-state index < -0.39 is 5.97 Å². The summed E-state index contributed by atoms with van der Waals surface area (Å²) in [7, 11) is 1.55. The first-order valence-corrected chi connectivity index (χ1v) is 4.34. The number of aliphatic carboxylic acids is 1. The average molecular weight is 208 g/mol. The first-order chi connectivity index (χ1) is 7.13. The molecule has 0 fully saturated rings. The van der Waals surface area contributed by atoms with Crippen molar-refractivity contribution in [3.63, 3.8) is 0 Å². The number of benzene rings is 1. The molecular formula is C11H12O4. The number of hydrogen-bond acceptors (Lipinski definition) is 3. The fourth-order valence-electron chi connectivity index (χ4n) is 0.881. The fraction of sp³-hybridized carbons (Fsp3) is 0.182. The zero-order valence-corrected chi connectivity index (χ0v) is 8.56. The first kappa shape index (κ1) is 11.1. The van der Waals surface area contributed by atoms with Gasteiger partial charge < -0.3 is 14.6 Å². The lowest BCUT2D eigenvalue weighted by Crippen LogP contribution is -1.98. The zero-order valence-electron chi connectivity index (χ0n) is 8.56. The second-order valence-corrected chi connectivity index (χ2v) is 2.90. The number of methoxy groups -OCH3 is 1. The Bertz CT molecular complexity index is 382. The summed E-state index contributed by atoms with van der Waals surface area (Å²) in [6, 6.07) is 6.93. The van der Waals surface area contributed by atoms with Gasteiger partial charge in [-0.15, -0.1) is 0 Å². The molecule has 0 amide bonds. The van der Waals surface area contributed by atoms with Crippen LogP contribution in [0.5, 0.6) is 11.5 Å². The molecule has 0 atom stereocenters. The topological polar surface area (TPSA) is 55.8 Å². The molecule has 80 valence electrons. The van der Waals surface area contributed by atoms with Crippen molar-refractivity contribution in [3.05, 3.63) is 36.1 Å². The highest BCUT2D eigenvalue weighted by molar-refractivity contribution is 5.85. The number of ether oxygens (including phenoxy) is 2. The van der Waals surface area contributed by atoms with Crippen LogP contribution in [0.15, 0.2) is 36.1 Å². The van der Waals surface area contributed by atoms with Crippen LogP contribution < -0.4 is 9.47 Å². The van der Waals surface area contributed by atoms with Gasteiger partial charge in [0.05, 0.1) is 12.7 Å². The molecule has 15 heavy (non-hydrogen) atoms. The van der Waals surface area contributed by atoms with Gasteiger partial charge in [-0.2, -0.15) is 0 Å². The SMILES string of the molecule is COc1cccc(O/C=C(\C)C(=O)O)c1. The number of carbonyl (C=O) groups is 1. The smallest absolute Gasteiger partial charge is 0.334 e. The molecule has 4 heteroatoms. The third-order valence-corrected chi connectivity index (χ3v) is 1.75. The fourth-order valence-corrected chi connectivity index (χ4v) is 0.881. The molecule has 0 aromatic heterocycles. The summed E-state index contributed by atoms with van der Waals surface area (Å²) in [5, 5.41) is 8.59. The molecule has 0 radical (unpaired) electrons. The standard InChI is InChI=1S/C11H12O4/c1-8(11(12)13)7-15-10-5-3-4-9(6-10)14-2/h3-7H,1-2H3,(H,12,13)/b8-7+. The molecule has 0 aliphatic rings. The third kappa shape index (κ3) is 3.34. The molecule has 1 N–H and O–H groups in total. The second kappa shape index (κ2) is 5.05. The van der Waals surface area contributed by atoms with Crippen molar-refractivity contribution in [2.75, 3.05) is 7.11 Å². The van der Waals surface area contributed by atoms with E-state index in [9.17, 15) is 4.79 Å². The Labute approximate surface area is 87.7 Å². The molecule has 0 saturated carbocycles. The van der Waals surface area contributed by atoms with Gasteiger partial charge in [0.15, 0.2) is 0 Å². The second-order valence-electron chi connectivity index (χ2n) is 2.90. The highest BCUT2D eigenvalue weighted by Gasteiger charge is 2.00. The molecule has 0 unspecified atom stereocenters. The van der Waals surface area contributed by atoms with Gasteiger partial charge in [0.1, 0.15) is 17.8 Å². The molecule has 1 aromatic carbocycles. The normalized spacial score (nSPS) is 10.9. The molecule has 1 aromatic rings. The summed E-state index contributed by atoms with van der Waals surface area (Å²) < 4.78 is 10.1. The van der Waals surface area contributed by atoms with Crippen LogP contribution in [0.2, 0.25) is 0 Å². The molecular weight excluding hydrogens is 196 g/mol. The molecule has 0 bridgehead atoms. The Kier molecular flexibility index (Phi) is 3.74. The van der Waals surface area contributed by atoms with E-state index in [0.717, 1.165) is 0 Å². The van der Waals surface area contributed by atoms with Crippen LogP contribution in [0.25, 0.3) is 0 Å². The van der Waals surface area contributed by atoms with Crippen LogP contribution in [-0.4, -0.2) is 18.2 Å². The van der Waals surface area contributed by atoms with E-state index in [1.807, 2.05) is 0 Å². The molecule has 0 saturated heterocycles. The van der Waals surface area contributed by atoms with Gasteiger partial charge in [-0.25, -0.2) is 4.79 Å². The van der Waals surface area contributed by atoms with E-state index in [2.05, 4.69) is 0 Å². The van der Waals surface area contributed by atoms with Gasteiger partial charge in [-0.05, 0) is 19.1 Å². The summed E-state index contributed by atoms with van der Waals surface area (Å²) >= 11 is 0. The maximum Gasteiger partial charge on any atom is 0.334 e. The van der Waals surface area contributed by atoms with Gasteiger partial charge in [0.2, 0.25) is 0 Å². The summed E-state index contributed by atoms with van der Waals surface area (Å²) in [4.78, 5) is 10.5. The van der Waals surface area contributed by atoms with Gasteiger partial charge in [0, 0.05) is 6.07 Å². The summed E-state index contributed by atoms with van der Waals surface area (Å²) in [5.41, 5.74) is 0.137. The maximum atomic E-state index is 10.5. The molecule has 0 spiro atoms. The Morgan fingerprint density at radius 2 is 2.07 bits per heavy atom. The minimum absolute atomic E-state index is 0.137. The minimum atomic E-state index is -1.00. The van der Waals surface area contributed by atoms with Gasteiger partial charge in [-0.1, -0.05) is 6.07 Å². The predicted octanol–water partition coefficient (Wildman–Crippen LogP) is 2.06. The van der Waals surface area contributed by atoms with Crippen LogP contribution in [0.3, 0.4) is 0 Å². The molecule has 1 rings (SSSR count). The summed E-state index contributed by atoms with van der Waals surface area (Å²) in [5.74, 6) is 0.196. The molecule has 0 aliphatic carbocycles. The van der Waals surface area contributed by atoms with Gasteiger partial charge >= 0.3 is 5.97 Å². The van der Waals surface area contributed by atoms with Gasteiger partial charge in [0.25, 0.3) is 0 Å². The Hall–Kier alpha value is -1.97. The van der Waals surface area contributed by atoms with E-state index in [1.54, 1.807) is 31.4 Å². The number of hydrogen-bond donors (Lipinski definition) is 1. The van der Waals surface area contributed by atoms with Crippen molar-refractivity contribution in [1.29, 1.82) is 0 Å². The summed E-state index contributed by atoms with van der Waals surface area (Å²) in [6.07, 6.45) is 1.19. The molecule has 4 nitrogen and oxygen atoms in total. The zero-order chi connectivity index (χ0) is 11.3. The van der Waals surface area contributed by atoms with E-state index in [-0.39, 0.29) is 5.57 Å². The van der Waals surface area contributed by atoms with E-state index in [4.69, 9.17) is 14.6 Å². The predicted molar refractivity (Wildman–Crippen MR) is 55.0 cm³/mol. The lowest BCUT2D eigenvalue weighted by Gasteiger charge is -2.03. The van der Waals surface area contributed by atoms with Crippen molar-refractivity contribution < 1.29 is 19.4 Å². The molecule has 0 aliphatic heterocycles. The van der Waals surface area contributed by atoms with Crippen LogP contribution in [0.1, 0.15) is 6.92 Å². The minimum Gasteiger partial charge on any atom is -0.497 e. The number of carboxylic acid groups (broad SMARTS) is 1. The Morgan fingerprint density at radius 1 is 1.40 bits per heavy atom. The maximum absolute atomic E-state index is 10.5. The van der Waals surface area contributed by atoms with Crippen molar-refractivity contribution in [3.8, 4) is 11.5 Å². The lowest BCUT2D eigenvalue weighted by atomic mass is 10.3. The van der Waals surface area contributed by atoms with Crippen molar-refractivity contribution in [2.45, 2.75) is 6.92 Å². The highest BCUT2D eigenvalue weighted by atomic mass is 16.5. The first-order valence-electron chi connectivity index (χ1n) is 4.34. The van der Waals surface area contributed by atoms with Crippen LogP contribution in [0, 0.1) is 0 Å².